The zero-order valence-electron chi connectivity index (χ0n) is 14.2. The monoisotopic (exact) mass is 324 g/mol. The molecule has 3 heteroatoms. The summed E-state index contributed by atoms with van der Waals surface area (Å²) < 4.78 is 4.75. The van der Waals surface area contributed by atoms with Gasteiger partial charge in [0.25, 0.3) is 0 Å². The van der Waals surface area contributed by atoms with E-state index in [1.807, 2.05) is 18.2 Å². The average Bonchev–Trinajstić information content (AvgIpc) is 2.63. The van der Waals surface area contributed by atoms with Crippen LogP contribution in [0, 0.1) is 0 Å². The molecule has 0 atom stereocenters. The number of esters is 1. The van der Waals surface area contributed by atoms with Gasteiger partial charge in [-0.25, -0.2) is 4.79 Å². The molecule has 2 rings (SSSR count). The minimum Gasteiger partial charge on any atom is -0.465 e. The Morgan fingerprint density at radius 1 is 0.917 bits per heavy atom. The van der Waals surface area contributed by atoms with E-state index < -0.39 is 0 Å². The van der Waals surface area contributed by atoms with Gasteiger partial charge in [-0.2, -0.15) is 0 Å². The molecule has 0 saturated carbocycles. The van der Waals surface area contributed by atoms with Crippen molar-refractivity contribution in [1.29, 1.82) is 0 Å². The molecule has 0 aliphatic heterocycles. The van der Waals surface area contributed by atoms with Crippen LogP contribution in [0.25, 0.3) is 0 Å². The third-order valence-corrected chi connectivity index (χ3v) is 4.07. The van der Waals surface area contributed by atoms with Crippen LogP contribution in [-0.4, -0.2) is 19.4 Å². The van der Waals surface area contributed by atoms with E-state index in [0.29, 0.717) is 12.0 Å². The number of unbranched alkanes of at least 4 members (excludes halogenated alkanes) is 1. The summed E-state index contributed by atoms with van der Waals surface area (Å²) in [6, 6.07) is 16.1. The summed E-state index contributed by atoms with van der Waals surface area (Å²) >= 11 is 0. The maximum Gasteiger partial charge on any atom is 0.337 e. The zero-order valence-corrected chi connectivity index (χ0v) is 14.2. The number of carbonyl (C=O) groups is 2. The molecule has 0 aliphatic carbocycles. The predicted molar refractivity (Wildman–Crippen MR) is 95.3 cm³/mol. The van der Waals surface area contributed by atoms with Crippen molar-refractivity contribution in [2.75, 3.05) is 7.11 Å². The van der Waals surface area contributed by atoms with Crippen LogP contribution >= 0.6 is 0 Å². The summed E-state index contributed by atoms with van der Waals surface area (Å²) in [7, 11) is 1.40. The number of benzene rings is 2. The second-order valence-corrected chi connectivity index (χ2v) is 5.92. The number of methoxy groups -OCH3 is 1. The van der Waals surface area contributed by atoms with E-state index in [0.717, 1.165) is 44.0 Å². The van der Waals surface area contributed by atoms with Gasteiger partial charge in [0.15, 0.2) is 0 Å². The van der Waals surface area contributed by atoms with Crippen molar-refractivity contribution < 1.29 is 14.3 Å². The minimum absolute atomic E-state index is 0.288. The normalized spacial score (nSPS) is 10.4. The van der Waals surface area contributed by atoms with Crippen molar-refractivity contribution in [3.05, 3.63) is 70.8 Å². The summed E-state index contributed by atoms with van der Waals surface area (Å²) in [6.45, 7) is 0. The van der Waals surface area contributed by atoms with Gasteiger partial charge < -0.3 is 9.53 Å². The highest BCUT2D eigenvalue weighted by Gasteiger charge is 2.05. The van der Waals surface area contributed by atoms with E-state index in [1.165, 1.54) is 18.2 Å². The lowest BCUT2D eigenvalue weighted by Gasteiger charge is -2.06. The summed E-state index contributed by atoms with van der Waals surface area (Å²) in [5.74, 6) is -0.288. The number of ether oxygens (including phenoxy) is 1. The Bertz CT molecular complexity index is 676. The molecule has 2 aromatic rings. The highest BCUT2D eigenvalue weighted by molar-refractivity contribution is 5.89. The number of hydrogen-bond donors (Lipinski definition) is 0. The van der Waals surface area contributed by atoms with E-state index in [4.69, 9.17) is 4.74 Å². The molecule has 0 heterocycles. The van der Waals surface area contributed by atoms with E-state index in [2.05, 4.69) is 24.3 Å². The Balaban J connectivity index is 1.80. The van der Waals surface area contributed by atoms with Gasteiger partial charge in [0.2, 0.25) is 0 Å². The molecule has 0 radical (unpaired) electrons. The van der Waals surface area contributed by atoms with Crippen LogP contribution in [0.15, 0.2) is 48.5 Å². The highest BCUT2D eigenvalue weighted by atomic mass is 16.5. The fraction of sp³-hybridized carbons (Fsp3) is 0.333. The van der Waals surface area contributed by atoms with Gasteiger partial charge in [-0.15, -0.1) is 0 Å². The van der Waals surface area contributed by atoms with Gasteiger partial charge in [0.1, 0.15) is 6.29 Å². The lowest BCUT2D eigenvalue weighted by atomic mass is 10.0. The number of rotatable bonds is 9. The fourth-order valence-electron chi connectivity index (χ4n) is 2.80. The quantitative estimate of drug-likeness (QED) is 0.395. The van der Waals surface area contributed by atoms with Crippen LogP contribution in [-0.2, 0) is 28.8 Å². The van der Waals surface area contributed by atoms with Crippen molar-refractivity contribution >= 4 is 12.3 Å². The molecule has 0 amide bonds. The van der Waals surface area contributed by atoms with Gasteiger partial charge in [-0.1, -0.05) is 36.4 Å². The molecule has 0 unspecified atom stereocenters. The van der Waals surface area contributed by atoms with Crippen LogP contribution in [0.3, 0.4) is 0 Å². The van der Waals surface area contributed by atoms with E-state index in [1.54, 1.807) is 6.07 Å². The number of hydrogen-bond acceptors (Lipinski definition) is 3. The third-order valence-electron chi connectivity index (χ3n) is 4.07. The Morgan fingerprint density at radius 2 is 1.50 bits per heavy atom. The van der Waals surface area contributed by atoms with Crippen LogP contribution in [0.5, 0.6) is 0 Å². The first-order valence-corrected chi connectivity index (χ1v) is 8.41. The highest BCUT2D eigenvalue weighted by Crippen LogP contribution is 2.13. The lowest BCUT2D eigenvalue weighted by Crippen LogP contribution is -2.01. The van der Waals surface area contributed by atoms with E-state index >= 15 is 0 Å². The van der Waals surface area contributed by atoms with Crippen LogP contribution in [0.4, 0.5) is 0 Å². The molecule has 0 bridgehead atoms. The maximum atomic E-state index is 11.5. The Labute approximate surface area is 143 Å². The molecule has 24 heavy (non-hydrogen) atoms. The van der Waals surface area contributed by atoms with Crippen LogP contribution in [0.2, 0.25) is 0 Å². The first kappa shape index (κ1) is 17.9. The second-order valence-electron chi connectivity index (χ2n) is 5.92. The number of carbonyl (C=O) groups excluding carboxylic acids is 2. The standard InChI is InChI=1S/C21H24O3/c1-24-21(23)20-13-5-11-19(16-20)8-3-2-7-17-9-4-10-18(15-17)12-6-14-22/h4-5,9-11,13-16H,2-3,6-8,12H2,1H3. The average molecular weight is 324 g/mol. The van der Waals surface area contributed by atoms with Crippen LogP contribution in [0.1, 0.15) is 46.3 Å². The van der Waals surface area contributed by atoms with Gasteiger partial charge in [0.05, 0.1) is 12.7 Å². The largest absolute Gasteiger partial charge is 0.465 e. The molecule has 0 N–H and O–H groups in total. The van der Waals surface area contributed by atoms with Crippen LogP contribution < -0.4 is 0 Å². The topological polar surface area (TPSA) is 43.4 Å². The molecule has 0 spiro atoms. The Morgan fingerprint density at radius 3 is 2.12 bits per heavy atom. The Hall–Kier alpha value is -2.42. The van der Waals surface area contributed by atoms with Crippen molar-refractivity contribution in [2.45, 2.75) is 38.5 Å². The fourth-order valence-corrected chi connectivity index (χ4v) is 2.80. The van der Waals surface area contributed by atoms with E-state index in [9.17, 15) is 9.59 Å². The van der Waals surface area contributed by atoms with Gasteiger partial charge in [-0.3, -0.25) is 0 Å². The van der Waals surface area contributed by atoms with Gasteiger partial charge in [0, 0.05) is 6.42 Å². The molecule has 0 fully saturated rings. The summed E-state index contributed by atoms with van der Waals surface area (Å²) in [5.41, 5.74) is 4.32. The van der Waals surface area contributed by atoms with Crippen molar-refractivity contribution in [3.63, 3.8) is 0 Å². The summed E-state index contributed by atoms with van der Waals surface area (Å²) in [5, 5.41) is 0. The molecule has 0 aliphatic rings. The molecule has 2 aromatic carbocycles. The molecule has 126 valence electrons. The molecular formula is C21H24O3. The smallest absolute Gasteiger partial charge is 0.337 e. The van der Waals surface area contributed by atoms with Crippen molar-refractivity contribution in [3.8, 4) is 0 Å². The van der Waals surface area contributed by atoms with Crippen molar-refractivity contribution in [2.24, 2.45) is 0 Å². The molecule has 0 aromatic heterocycles. The van der Waals surface area contributed by atoms with Crippen molar-refractivity contribution in [1.82, 2.24) is 0 Å². The summed E-state index contributed by atoms with van der Waals surface area (Å²) in [4.78, 5) is 22.0. The third kappa shape index (κ3) is 5.65. The Kier molecular flexibility index (Phi) is 7.21. The SMILES string of the molecule is COC(=O)c1cccc(CCCCc2cccc(CCC=O)c2)c1. The first-order chi connectivity index (χ1) is 11.7. The van der Waals surface area contributed by atoms with E-state index in [-0.39, 0.29) is 5.97 Å². The predicted octanol–water partition coefficient (Wildman–Crippen LogP) is 4.17. The van der Waals surface area contributed by atoms with Gasteiger partial charge in [-0.05, 0) is 60.9 Å². The lowest BCUT2D eigenvalue weighted by molar-refractivity contribution is -0.107. The summed E-state index contributed by atoms with van der Waals surface area (Å²) in [6.07, 6.45) is 6.52. The zero-order chi connectivity index (χ0) is 17.2. The number of aldehydes is 1. The molecule has 3 nitrogen and oxygen atoms in total. The molecular weight excluding hydrogens is 300 g/mol. The second kappa shape index (κ2) is 9.66. The maximum absolute atomic E-state index is 11.5. The van der Waals surface area contributed by atoms with Gasteiger partial charge >= 0.3 is 5.97 Å². The molecule has 0 saturated heterocycles. The minimum atomic E-state index is -0.288. The first-order valence-electron chi connectivity index (χ1n) is 8.41. The number of aryl methyl sites for hydroxylation is 3.